The smallest absolute Gasteiger partial charge is 0.321 e. The van der Waals surface area contributed by atoms with Gasteiger partial charge in [-0.15, -0.1) is 11.8 Å². The maximum absolute atomic E-state index is 12.9. The average Bonchev–Trinajstić information content (AvgIpc) is 3.84. The molecule has 4 heterocycles. The van der Waals surface area contributed by atoms with Crippen molar-refractivity contribution in [1.29, 1.82) is 0 Å². The van der Waals surface area contributed by atoms with E-state index in [-0.39, 0.29) is 42.1 Å². The number of carbonyl (C=O) groups is 6. The number of thioether (sulfide) groups is 1. The molecule has 0 aliphatic carbocycles. The lowest BCUT2D eigenvalue weighted by atomic mass is 9.99. The largest absolute Gasteiger partial charge is 0.348 e. The maximum atomic E-state index is 12.9. The van der Waals surface area contributed by atoms with E-state index in [1.165, 1.54) is 34.0 Å². The summed E-state index contributed by atoms with van der Waals surface area (Å²) in [6, 6.07) is 39.0. The molecule has 4 aliphatic rings. The summed E-state index contributed by atoms with van der Waals surface area (Å²) < 4.78 is 0. The molecule has 1 fully saturated rings. The molecular weight excluding hydrogens is 939 g/mol. The topological polar surface area (TPSA) is 176 Å². The molecule has 4 aliphatic heterocycles. The van der Waals surface area contributed by atoms with Crippen LogP contribution in [-0.4, -0.2) is 97.9 Å². The number of urea groups is 1. The van der Waals surface area contributed by atoms with Gasteiger partial charge in [0.25, 0.3) is 23.6 Å². The van der Waals surface area contributed by atoms with E-state index in [1.807, 2.05) is 55.5 Å². The van der Waals surface area contributed by atoms with Crippen molar-refractivity contribution in [3.05, 3.63) is 183 Å². The summed E-state index contributed by atoms with van der Waals surface area (Å²) in [5.41, 5.74) is 12.0. The number of nitrogens with one attached hydrogen (secondary N) is 5. The van der Waals surface area contributed by atoms with Gasteiger partial charge in [0.2, 0.25) is 5.91 Å². The van der Waals surface area contributed by atoms with Crippen molar-refractivity contribution in [3.8, 4) is 0 Å². The molecule has 16 heteroatoms. The Bertz CT molecular complexity index is 3090. The lowest BCUT2D eigenvalue weighted by Crippen LogP contribution is -2.35. The highest BCUT2D eigenvalue weighted by Crippen LogP contribution is 2.36. The van der Waals surface area contributed by atoms with E-state index in [0.29, 0.717) is 54.2 Å². The summed E-state index contributed by atoms with van der Waals surface area (Å²) in [7, 11) is 4.20. The molecule has 1 saturated heterocycles. The minimum absolute atomic E-state index is 0.0513. The van der Waals surface area contributed by atoms with E-state index in [1.54, 1.807) is 70.5 Å². The highest BCUT2D eigenvalue weighted by molar-refractivity contribution is 8.00. The third-order valence-corrected chi connectivity index (χ3v) is 14.4. The van der Waals surface area contributed by atoms with E-state index in [2.05, 4.69) is 68.7 Å². The lowest BCUT2D eigenvalue weighted by molar-refractivity contribution is -0.116. The Hall–Kier alpha value is -7.79. The van der Waals surface area contributed by atoms with Gasteiger partial charge < -0.3 is 41.3 Å². The Morgan fingerprint density at radius 1 is 0.575 bits per heavy atom. The van der Waals surface area contributed by atoms with Crippen LogP contribution in [0.1, 0.15) is 81.7 Å². The van der Waals surface area contributed by atoms with Gasteiger partial charge in [0.05, 0.1) is 11.4 Å². The van der Waals surface area contributed by atoms with Gasteiger partial charge in [-0.25, -0.2) is 4.79 Å². The molecule has 6 aromatic carbocycles. The van der Waals surface area contributed by atoms with Crippen molar-refractivity contribution >= 4 is 70.1 Å². The second kappa shape index (κ2) is 22.7. The van der Waals surface area contributed by atoms with Crippen LogP contribution in [0.15, 0.2) is 132 Å². The molecule has 6 aromatic rings. The molecule has 374 valence electrons. The van der Waals surface area contributed by atoms with E-state index < -0.39 is 0 Å². The van der Waals surface area contributed by atoms with E-state index in [9.17, 15) is 28.8 Å². The SMILES string of the molecule is CCN1C(=O)CSc2ccc(C(=O)NCc3cccc(C(=O)Nc4ccc5c(c4)CN(C)CC5)c3)cc21.CN1CCc2ccc(NC(=O)c3cccc(CNC(=O)c4ccc(N5CCNC5=O)cc4)c3)cc2C1. The van der Waals surface area contributed by atoms with Gasteiger partial charge in [-0.1, -0.05) is 36.4 Å². The van der Waals surface area contributed by atoms with Crippen molar-refractivity contribution in [2.24, 2.45) is 0 Å². The normalized spacial score (nSPS) is 15.2. The molecule has 0 spiro atoms. The minimum Gasteiger partial charge on any atom is -0.348 e. The van der Waals surface area contributed by atoms with Crippen LogP contribution in [-0.2, 0) is 43.8 Å². The Morgan fingerprint density at radius 2 is 1.11 bits per heavy atom. The van der Waals surface area contributed by atoms with Crippen LogP contribution < -0.4 is 36.4 Å². The highest BCUT2D eigenvalue weighted by Gasteiger charge is 2.25. The number of rotatable bonds is 12. The molecule has 0 saturated carbocycles. The van der Waals surface area contributed by atoms with Crippen molar-refractivity contribution < 1.29 is 28.8 Å². The zero-order chi connectivity index (χ0) is 51.0. The maximum Gasteiger partial charge on any atom is 0.321 e. The van der Waals surface area contributed by atoms with Crippen LogP contribution in [0.4, 0.5) is 27.5 Å². The first-order valence-corrected chi connectivity index (χ1v) is 25.6. The number of hydrogen-bond acceptors (Lipinski definition) is 9. The van der Waals surface area contributed by atoms with Gasteiger partial charge in [-0.3, -0.25) is 28.9 Å². The summed E-state index contributed by atoms with van der Waals surface area (Å²) in [6.07, 6.45) is 2.04. The van der Waals surface area contributed by atoms with E-state index >= 15 is 0 Å². The molecule has 0 radical (unpaired) electrons. The summed E-state index contributed by atoms with van der Waals surface area (Å²) in [5.74, 6) is -0.352. The van der Waals surface area contributed by atoms with Crippen LogP contribution in [0.2, 0.25) is 0 Å². The lowest BCUT2D eigenvalue weighted by Gasteiger charge is -2.28. The number of hydrogen-bond donors (Lipinski definition) is 5. The zero-order valence-corrected chi connectivity index (χ0v) is 42.1. The Balaban J connectivity index is 0.000000180. The molecule has 0 bridgehead atoms. The van der Waals surface area contributed by atoms with Crippen molar-refractivity contribution in [1.82, 2.24) is 25.8 Å². The van der Waals surface area contributed by atoms with Gasteiger partial charge in [0.15, 0.2) is 0 Å². The van der Waals surface area contributed by atoms with Gasteiger partial charge in [-0.2, -0.15) is 0 Å². The number of likely N-dealkylation sites (N-methyl/N-ethyl adjacent to an activating group) is 2. The van der Waals surface area contributed by atoms with Gasteiger partial charge >= 0.3 is 6.03 Å². The second-order valence-electron chi connectivity index (χ2n) is 18.7. The zero-order valence-electron chi connectivity index (χ0n) is 41.3. The standard InChI is InChI=1S/C29H30N4O3S.C28H29N5O3/c1-3-33-25-15-22(8-10-26(25)37-18-27(33)34)28(35)30-16-19-5-4-6-21(13-19)29(36)31-24-9-7-20-11-12-32(2)17-23(20)14-24;1-32-13-11-20-5-8-24(16-23(20)18-32)31-27(35)22-4-2-3-19(15-22)17-30-26(34)21-6-9-25(10-7-21)33-14-12-29-28(33)36/h4-10,13-15H,3,11-12,16-18H2,1-2H3,(H,30,35)(H,31,36);2-10,15-16H,11-14,17-18H2,1H3,(H,29,36)(H,30,34)(H,31,35). The predicted molar refractivity (Wildman–Crippen MR) is 286 cm³/mol. The number of benzene rings is 6. The van der Waals surface area contributed by atoms with Crippen molar-refractivity contribution in [2.45, 2.75) is 50.8 Å². The van der Waals surface area contributed by atoms with E-state index in [4.69, 9.17) is 0 Å². The summed E-state index contributed by atoms with van der Waals surface area (Å²) in [6.45, 7) is 8.15. The average molecular weight is 998 g/mol. The minimum atomic E-state index is -0.226. The highest BCUT2D eigenvalue weighted by atomic mass is 32.2. The fourth-order valence-electron chi connectivity index (χ4n) is 9.37. The molecule has 10 rings (SSSR count). The number of fused-ring (bicyclic) bond motifs is 3. The molecule has 5 N–H and O–H groups in total. The molecule has 0 aromatic heterocycles. The number of anilines is 4. The number of nitrogens with zero attached hydrogens (tertiary/aromatic N) is 4. The molecule has 73 heavy (non-hydrogen) atoms. The van der Waals surface area contributed by atoms with Gasteiger partial charge in [0.1, 0.15) is 0 Å². The van der Waals surface area contributed by atoms with Crippen molar-refractivity contribution in [2.75, 3.05) is 73.0 Å². The van der Waals surface area contributed by atoms with Gasteiger partial charge in [0, 0.05) is 103 Å². The fourth-order valence-corrected chi connectivity index (χ4v) is 10.3. The summed E-state index contributed by atoms with van der Waals surface area (Å²) in [5, 5.41) is 14.6. The predicted octanol–water partition coefficient (Wildman–Crippen LogP) is 7.70. The van der Waals surface area contributed by atoms with Gasteiger partial charge in [-0.05, 0) is 158 Å². The van der Waals surface area contributed by atoms with Crippen LogP contribution >= 0.6 is 11.8 Å². The van der Waals surface area contributed by atoms with Crippen molar-refractivity contribution in [3.63, 3.8) is 0 Å². The molecule has 0 atom stereocenters. The first-order chi connectivity index (χ1) is 35.4. The first kappa shape index (κ1) is 50.2. The van der Waals surface area contributed by atoms with Crippen LogP contribution in [0.25, 0.3) is 0 Å². The quantitative estimate of drug-likeness (QED) is 0.0823. The van der Waals surface area contributed by atoms with Crippen LogP contribution in [0.5, 0.6) is 0 Å². The second-order valence-corrected chi connectivity index (χ2v) is 19.7. The molecular formula is C57H59N9O6S. The fraction of sp³-hybridized carbons (Fsp3) is 0.263. The number of carbonyl (C=O) groups excluding carboxylic acids is 6. The number of amides is 7. The summed E-state index contributed by atoms with van der Waals surface area (Å²) >= 11 is 1.50. The Labute approximate surface area is 429 Å². The first-order valence-electron chi connectivity index (χ1n) is 24.6. The monoisotopic (exact) mass is 997 g/mol. The third kappa shape index (κ3) is 12.3. The van der Waals surface area contributed by atoms with Crippen LogP contribution in [0.3, 0.4) is 0 Å². The summed E-state index contributed by atoms with van der Waals surface area (Å²) in [4.78, 5) is 84.3. The molecule has 0 unspecified atom stereocenters. The van der Waals surface area contributed by atoms with Crippen LogP contribution in [0, 0.1) is 0 Å². The van der Waals surface area contributed by atoms with E-state index in [0.717, 1.165) is 77.8 Å². The molecule has 7 amide bonds. The third-order valence-electron chi connectivity index (χ3n) is 13.4. The Morgan fingerprint density at radius 3 is 1.64 bits per heavy atom. The Kier molecular flexibility index (Phi) is 15.6. The molecule has 15 nitrogen and oxygen atoms in total.